The first-order chi connectivity index (χ1) is 28.6. The molecule has 21 heteroatoms. The van der Waals surface area contributed by atoms with Crippen LogP contribution in [0.5, 0.6) is 0 Å². The highest BCUT2D eigenvalue weighted by Crippen LogP contribution is 2.44. The molecule has 0 bridgehead atoms. The monoisotopic (exact) mass is 855 g/mol. The smallest absolute Gasteiger partial charge is 0.350 e. The molecule has 0 spiro atoms. The number of terminal acetylenes is 1. The number of nitrogens with zero attached hydrogens (tertiary/aromatic N) is 6. The Morgan fingerprint density at radius 3 is 2.27 bits per heavy atom. The number of carbonyl (C=O) groups excluding carboxylic acids is 6. The largest absolute Gasteiger partial charge is 0.464 e. The van der Waals surface area contributed by atoms with Crippen molar-refractivity contribution in [1.29, 1.82) is 0 Å². The summed E-state index contributed by atoms with van der Waals surface area (Å²) in [5, 5.41) is 2.71. The van der Waals surface area contributed by atoms with Crippen LogP contribution in [0.15, 0.2) is 30.6 Å². The third-order valence-corrected chi connectivity index (χ3v) is 9.74. The van der Waals surface area contributed by atoms with Gasteiger partial charge in [-0.15, -0.1) is 6.42 Å². The zero-order valence-electron chi connectivity index (χ0n) is 33.9. The summed E-state index contributed by atoms with van der Waals surface area (Å²) in [6, 6.07) is 6.22. The van der Waals surface area contributed by atoms with Crippen molar-refractivity contribution in [3.8, 4) is 12.3 Å². The summed E-state index contributed by atoms with van der Waals surface area (Å²) >= 11 is 6.23. The van der Waals surface area contributed by atoms with Gasteiger partial charge in [-0.2, -0.15) is 9.97 Å². The van der Waals surface area contributed by atoms with E-state index in [0.717, 1.165) is 13.8 Å². The fraction of sp³-hybridized carbons (Fsp3) is 0.513. The first-order valence-electron chi connectivity index (χ1n) is 19.0. The van der Waals surface area contributed by atoms with Crippen molar-refractivity contribution in [3.05, 3.63) is 41.4 Å². The van der Waals surface area contributed by atoms with Crippen LogP contribution < -0.4 is 10.2 Å². The number of halogens is 1. The molecule has 4 atom stereocenters. The van der Waals surface area contributed by atoms with Gasteiger partial charge in [0.25, 0.3) is 5.60 Å². The first kappa shape index (κ1) is 45.1. The number of benzene rings is 1. The lowest BCUT2D eigenvalue weighted by Crippen LogP contribution is -2.57. The fourth-order valence-electron chi connectivity index (χ4n) is 6.97. The van der Waals surface area contributed by atoms with Crippen molar-refractivity contribution in [2.24, 2.45) is 0 Å². The standard InChI is InChI=1S/C39H46ClN7O13/c1-8-38(60-25(6)50)28(59-33(30(38)58-24(5)49)47-22-42-29-31(41-7)43-36(40)44-32(29)47)21-57-39(34(51)54-9-2,35(52)55-10-3)20-26-12-14-27(15-13-26)46-17-11-16-45(37(46)53)18-19-56-23(4)48/h1,12-15,22,28,30,33H,9-11,16-21H2,2-7H3,(H,41,43,44)/t28-,30+,33-,38-/m1/s1. The summed E-state index contributed by atoms with van der Waals surface area (Å²) in [6.07, 6.45) is 3.10. The van der Waals surface area contributed by atoms with Crippen LogP contribution in [0.2, 0.25) is 5.28 Å². The van der Waals surface area contributed by atoms with Gasteiger partial charge in [-0.3, -0.25) is 23.9 Å². The van der Waals surface area contributed by atoms with E-state index in [1.807, 2.05) is 0 Å². The van der Waals surface area contributed by atoms with Crippen LogP contribution in [0.1, 0.15) is 52.8 Å². The summed E-state index contributed by atoms with van der Waals surface area (Å²) in [4.78, 5) is 93.9. The van der Waals surface area contributed by atoms with Crippen LogP contribution in [-0.4, -0.2) is 137 Å². The average molecular weight is 856 g/mol. The van der Waals surface area contributed by atoms with E-state index in [2.05, 4.69) is 26.2 Å². The molecule has 1 aromatic carbocycles. The second kappa shape index (κ2) is 19.4. The molecular formula is C39H46ClN7O13. The Morgan fingerprint density at radius 2 is 1.68 bits per heavy atom. The number of fused-ring (bicyclic) bond motifs is 1. The van der Waals surface area contributed by atoms with Gasteiger partial charge in [-0.25, -0.2) is 19.4 Å². The molecular weight excluding hydrogens is 810 g/mol. The number of nitrogens with one attached hydrogen (secondary N) is 1. The Bertz CT molecular complexity index is 2120. The number of aromatic nitrogens is 4. The third kappa shape index (κ3) is 9.38. The molecule has 2 aromatic heterocycles. The minimum Gasteiger partial charge on any atom is -0.464 e. The molecule has 2 aliphatic heterocycles. The van der Waals surface area contributed by atoms with Crippen LogP contribution in [-0.2, 0) is 63.6 Å². The fourth-order valence-corrected chi connectivity index (χ4v) is 7.14. The quantitative estimate of drug-likeness (QED) is 0.0676. The maximum atomic E-state index is 14.0. The summed E-state index contributed by atoms with van der Waals surface area (Å²) in [6.45, 7) is 6.69. The molecule has 60 heavy (non-hydrogen) atoms. The predicted octanol–water partition coefficient (Wildman–Crippen LogP) is 2.61. The molecule has 0 aliphatic carbocycles. The lowest BCUT2D eigenvalue weighted by atomic mass is 9.91. The molecule has 0 unspecified atom stereocenters. The molecule has 1 N–H and O–H groups in total. The number of ether oxygens (including phenoxy) is 7. The van der Waals surface area contributed by atoms with Crippen LogP contribution in [0.3, 0.4) is 0 Å². The second-order valence-corrected chi connectivity index (χ2v) is 13.9. The maximum absolute atomic E-state index is 14.0. The Hall–Kier alpha value is -6.04. The molecule has 3 aromatic rings. The van der Waals surface area contributed by atoms with Crippen molar-refractivity contribution < 1.29 is 61.9 Å². The molecule has 2 aliphatic rings. The summed E-state index contributed by atoms with van der Waals surface area (Å²) in [5.74, 6) is -1.71. The number of urea groups is 1. The van der Waals surface area contributed by atoms with Gasteiger partial charge in [0, 0.05) is 53.0 Å². The Kier molecular flexibility index (Phi) is 14.5. The number of anilines is 2. The molecule has 2 amide bonds. The number of hydrogen-bond acceptors (Lipinski definition) is 17. The normalized spacial score (nSPS) is 20.3. The highest BCUT2D eigenvalue weighted by Gasteiger charge is 2.63. The van der Waals surface area contributed by atoms with Crippen LogP contribution in [0.4, 0.5) is 16.3 Å². The zero-order valence-corrected chi connectivity index (χ0v) is 34.7. The van der Waals surface area contributed by atoms with E-state index in [-0.39, 0.29) is 54.7 Å². The van der Waals surface area contributed by atoms with E-state index in [0.29, 0.717) is 30.8 Å². The lowest BCUT2D eigenvalue weighted by molar-refractivity contribution is -0.200. The van der Waals surface area contributed by atoms with E-state index in [1.165, 1.54) is 31.7 Å². The van der Waals surface area contributed by atoms with E-state index >= 15 is 0 Å². The molecule has 2 fully saturated rings. The molecule has 5 rings (SSSR count). The van der Waals surface area contributed by atoms with Gasteiger partial charge < -0.3 is 43.4 Å². The summed E-state index contributed by atoms with van der Waals surface area (Å²) < 4.78 is 41.3. The van der Waals surface area contributed by atoms with Crippen molar-refractivity contribution in [1.82, 2.24) is 24.4 Å². The summed E-state index contributed by atoms with van der Waals surface area (Å²) in [5.41, 5.74) is -3.44. The molecule has 0 saturated carbocycles. The van der Waals surface area contributed by atoms with Gasteiger partial charge in [-0.05, 0) is 49.6 Å². The van der Waals surface area contributed by atoms with Crippen molar-refractivity contribution in [3.63, 3.8) is 0 Å². The third-order valence-electron chi connectivity index (χ3n) is 9.57. The molecule has 2 saturated heterocycles. The number of carbonyl (C=O) groups is 6. The molecule has 322 valence electrons. The Labute approximate surface area is 350 Å². The SMILES string of the molecule is C#C[C@@]1(OC(C)=O)[C@@H](COC(Cc2ccc(N3CCCN(CCOC(C)=O)C3=O)cc2)(C(=O)OCC)C(=O)OCC)O[C@@H](n2cnc3c(NC)nc(Cl)nc32)[C@@H]1OC(C)=O. The highest BCUT2D eigenvalue weighted by molar-refractivity contribution is 6.28. The maximum Gasteiger partial charge on any atom is 0.350 e. The van der Waals surface area contributed by atoms with Crippen molar-refractivity contribution in [2.75, 3.05) is 63.3 Å². The second-order valence-electron chi connectivity index (χ2n) is 13.5. The van der Waals surface area contributed by atoms with Gasteiger partial charge >= 0.3 is 35.9 Å². The van der Waals surface area contributed by atoms with Gasteiger partial charge in [0.1, 0.15) is 12.7 Å². The van der Waals surface area contributed by atoms with Crippen molar-refractivity contribution >= 4 is 70.1 Å². The lowest BCUT2D eigenvalue weighted by Gasteiger charge is -2.36. The number of imidazole rings is 1. The zero-order chi connectivity index (χ0) is 43.8. The van der Waals surface area contributed by atoms with Crippen LogP contribution >= 0.6 is 11.6 Å². The Balaban J connectivity index is 1.52. The number of rotatable bonds is 17. The summed E-state index contributed by atoms with van der Waals surface area (Å²) in [7, 11) is 1.59. The molecule has 0 radical (unpaired) electrons. The highest BCUT2D eigenvalue weighted by atomic mass is 35.5. The van der Waals surface area contributed by atoms with E-state index in [1.54, 1.807) is 41.1 Å². The molecule has 4 heterocycles. The predicted molar refractivity (Wildman–Crippen MR) is 210 cm³/mol. The topological polar surface area (TPSA) is 229 Å². The van der Waals surface area contributed by atoms with E-state index in [9.17, 15) is 28.8 Å². The average Bonchev–Trinajstić information content (AvgIpc) is 3.75. The first-order valence-corrected chi connectivity index (χ1v) is 19.4. The van der Waals surface area contributed by atoms with Gasteiger partial charge in [0.2, 0.25) is 17.0 Å². The van der Waals surface area contributed by atoms with Gasteiger partial charge in [-0.1, -0.05) is 18.1 Å². The number of hydrogen-bond donors (Lipinski definition) is 1. The minimum atomic E-state index is -2.50. The van der Waals surface area contributed by atoms with Crippen LogP contribution in [0, 0.1) is 12.3 Å². The van der Waals surface area contributed by atoms with E-state index < -0.39 is 72.5 Å². The Morgan fingerprint density at radius 1 is 1.00 bits per heavy atom. The van der Waals surface area contributed by atoms with Gasteiger partial charge in [0.15, 0.2) is 23.2 Å². The van der Waals surface area contributed by atoms with E-state index in [4.69, 9.17) is 51.2 Å². The molecule has 20 nitrogen and oxygen atoms in total. The number of amides is 2. The van der Waals surface area contributed by atoms with Crippen LogP contribution in [0.25, 0.3) is 11.2 Å². The minimum absolute atomic E-state index is 0.0553. The number of esters is 5. The van der Waals surface area contributed by atoms with Crippen molar-refractivity contribution in [2.45, 2.75) is 77.1 Å². The van der Waals surface area contributed by atoms with Gasteiger partial charge in [0.05, 0.1) is 32.7 Å².